The minimum atomic E-state index is 0. The van der Waals surface area contributed by atoms with E-state index in [1.165, 1.54) is 10.4 Å². The second-order valence-corrected chi connectivity index (χ2v) is 5.55. The van der Waals surface area contributed by atoms with Crippen LogP contribution >= 0.6 is 35.3 Å². The number of aromatic nitrogens is 1. The molecule has 0 aliphatic carbocycles. The third kappa shape index (κ3) is 5.28. The van der Waals surface area contributed by atoms with Crippen molar-refractivity contribution in [2.75, 3.05) is 7.05 Å². The number of pyridine rings is 1. The fourth-order valence-corrected chi connectivity index (χ4v) is 2.61. The van der Waals surface area contributed by atoms with Gasteiger partial charge in [-0.05, 0) is 36.9 Å². The Kier molecular flexibility index (Phi) is 7.66. The van der Waals surface area contributed by atoms with Crippen LogP contribution in [-0.4, -0.2) is 18.0 Å². The number of hydrogen-bond acceptors (Lipinski definition) is 3. The maximum Gasteiger partial charge on any atom is 0.191 e. The molecule has 0 aliphatic heterocycles. The molecule has 0 aromatic carbocycles. The largest absolute Gasteiger partial charge is 0.351 e. The summed E-state index contributed by atoms with van der Waals surface area (Å²) in [7, 11) is 1.78. The lowest BCUT2D eigenvalue weighted by molar-refractivity contribution is 0.693. The lowest BCUT2D eigenvalue weighted by Crippen LogP contribution is -2.38. The van der Waals surface area contributed by atoms with Crippen molar-refractivity contribution < 1.29 is 0 Å². The van der Waals surface area contributed by atoms with Gasteiger partial charge in [0.15, 0.2) is 5.96 Å². The van der Waals surface area contributed by atoms with Gasteiger partial charge in [-0.3, -0.25) is 9.98 Å². The van der Waals surface area contributed by atoms with Crippen LogP contribution in [0.15, 0.2) is 40.8 Å². The van der Waals surface area contributed by atoms with E-state index in [2.05, 4.69) is 58.0 Å². The molecule has 0 saturated carbocycles. The summed E-state index contributed by atoms with van der Waals surface area (Å²) >= 11 is 1.74. The van der Waals surface area contributed by atoms with E-state index in [1.54, 1.807) is 18.4 Å². The predicted octanol–water partition coefficient (Wildman–Crippen LogP) is 3.50. The third-order valence-electron chi connectivity index (χ3n) is 3.09. The molecule has 1 atom stereocenters. The molecule has 2 rings (SSSR count). The Labute approximate surface area is 147 Å². The van der Waals surface area contributed by atoms with E-state index in [9.17, 15) is 0 Å². The molecule has 1 unspecified atom stereocenters. The number of nitrogens with one attached hydrogen (secondary N) is 2. The summed E-state index contributed by atoms with van der Waals surface area (Å²) in [4.78, 5) is 9.92. The molecule has 2 N–H and O–H groups in total. The Morgan fingerprint density at radius 3 is 2.81 bits per heavy atom. The predicted molar refractivity (Wildman–Crippen MR) is 100 cm³/mol. The molecule has 4 nitrogen and oxygen atoms in total. The second kappa shape index (κ2) is 8.99. The summed E-state index contributed by atoms with van der Waals surface area (Å²) in [5.74, 6) is 0.788. The maximum absolute atomic E-state index is 4.37. The molecular formula is C15H21IN4S. The number of aliphatic imine (C=N–C) groups is 1. The average Bonchev–Trinajstić information content (AvgIpc) is 2.99. The van der Waals surface area contributed by atoms with E-state index >= 15 is 0 Å². The van der Waals surface area contributed by atoms with E-state index in [0.717, 1.165) is 11.7 Å². The molecule has 0 aliphatic rings. The zero-order chi connectivity index (χ0) is 14.4. The first-order chi connectivity index (χ1) is 9.70. The first-order valence-corrected chi connectivity index (χ1v) is 7.49. The van der Waals surface area contributed by atoms with Crippen molar-refractivity contribution in [2.45, 2.75) is 26.4 Å². The normalized spacial score (nSPS) is 12.4. The van der Waals surface area contributed by atoms with Gasteiger partial charge in [0.2, 0.25) is 0 Å². The lowest BCUT2D eigenvalue weighted by atomic mass is 10.2. The van der Waals surface area contributed by atoms with E-state index in [4.69, 9.17) is 0 Å². The molecule has 0 radical (unpaired) electrons. The summed E-state index contributed by atoms with van der Waals surface area (Å²) in [5.41, 5.74) is 2.22. The van der Waals surface area contributed by atoms with Crippen LogP contribution in [0.25, 0.3) is 0 Å². The van der Waals surface area contributed by atoms with Crippen molar-refractivity contribution in [2.24, 2.45) is 4.99 Å². The molecule has 2 heterocycles. The van der Waals surface area contributed by atoms with E-state index in [0.29, 0.717) is 6.54 Å². The summed E-state index contributed by atoms with van der Waals surface area (Å²) in [6.45, 7) is 4.86. The highest BCUT2D eigenvalue weighted by atomic mass is 127. The van der Waals surface area contributed by atoms with Crippen LogP contribution in [0, 0.1) is 6.92 Å². The quantitative estimate of drug-likeness (QED) is 0.456. The van der Waals surface area contributed by atoms with Crippen molar-refractivity contribution >= 4 is 41.3 Å². The molecule has 2 aromatic rings. The van der Waals surface area contributed by atoms with Crippen LogP contribution in [-0.2, 0) is 6.54 Å². The number of hydrogen-bond donors (Lipinski definition) is 2. The Morgan fingerprint density at radius 2 is 2.19 bits per heavy atom. The van der Waals surface area contributed by atoms with Gasteiger partial charge in [-0.1, -0.05) is 12.1 Å². The molecular weight excluding hydrogens is 395 g/mol. The van der Waals surface area contributed by atoms with Crippen molar-refractivity contribution in [1.82, 2.24) is 15.6 Å². The Morgan fingerprint density at radius 1 is 1.38 bits per heavy atom. The molecule has 6 heteroatoms. The van der Waals surface area contributed by atoms with Gasteiger partial charge in [0, 0.05) is 18.1 Å². The minimum Gasteiger partial charge on any atom is -0.351 e. The molecule has 0 bridgehead atoms. The number of nitrogens with zero attached hydrogens (tertiary/aromatic N) is 2. The van der Waals surface area contributed by atoms with Gasteiger partial charge >= 0.3 is 0 Å². The number of rotatable bonds is 4. The van der Waals surface area contributed by atoms with Gasteiger partial charge < -0.3 is 10.6 Å². The van der Waals surface area contributed by atoms with Crippen molar-refractivity contribution in [3.8, 4) is 0 Å². The first kappa shape index (κ1) is 17.9. The van der Waals surface area contributed by atoms with Crippen molar-refractivity contribution in [3.05, 3.63) is 52.0 Å². The van der Waals surface area contributed by atoms with Crippen LogP contribution in [0.2, 0.25) is 0 Å². The maximum atomic E-state index is 4.37. The number of guanidine groups is 1. The standard InChI is InChI=1S/C15H20N4S.HI/c1-11-6-4-8-17-13(11)10-18-15(16-3)19-12(2)14-7-5-9-20-14;/h4-9,12H,10H2,1-3H3,(H2,16,18,19);1H. The Hall–Kier alpha value is -1.15. The highest BCUT2D eigenvalue weighted by Gasteiger charge is 2.08. The van der Waals surface area contributed by atoms with Gasteiger partial charge in [0.05, 0.1) is 18.3 Å². The summed E-state index contributed by atoms with van der Waals surface area (Å²) in [5, 5.41) is 8.76. The number of halogens is 1. The smallest absolute Gasteiger partial charge is 0.191 e. The van der Waals surface area contributed by atoms with Gasteiger partial charge in [0.25, 0.3) is 0 Å². The van der Waals surface area contributed by atoms with Gasteiger partial charge in [-0.25, -0.2) is 0 Å². The Balaban J connectivity index is 0.00000220. The van der Waals surface area contributed by atoms with E-state index in [-0.39, 0.29) is 30.0 Å². The number of aryl methyl sites for hydroxylation is 1. The average molecular weight is 416 g/mol. The minimum absolute atomic E-state index is 0. The fraction of sp³-hybridized carbons (Fsp3) is 0.333. The molecule has 0 saturated heterocycles. The molecule has 2 aromatic heterocycles. The molecule has 0 spiro atoms. The van der Waals surface area contributed by atoms with Gasteiger partial charge in [0.1, 0.15) is 0 Å². The van der Waals surface area contributed by atoms with E-state index < -0.39 is 0 Å². The summed E-state index contributed by atoms with van der Waals surface area (Å²) in [6.07, 6.45) is 1.81. The van der Waals surface area contributed by atoms with Gasteiger partial charge in [-0.15, -0.1) is 35.3 Å². The molecule has 0 fully saturated rings. The lowest BCUT2D eigenvalue weighted by Gasteiger charge is -2.17. The van der Waals surface area contributed by atoms with Crippen LogP contribution in [0.5, 0.6) is 0 Å². The third-order valence-corrected chi connectivity index (χ3v) is 4.14. The topological polar surface area (TPSA) is 49.3 Å². The summed E-state index contributed by atoms with van der Waals surface area (Å²) < 4.78 is 0. The summed E-state index contributed by atoms with van der Waals surface area (Å²) in [6, 6.07) is 8.44. The zero-order valence-electron chi connectivity index (χ0n) is 12.5. The van der Waals surface area contributed by atoms with Crippen molar-refractivity contribution in [3.63, 3.8) is 0 Å². The fourth-order valence-electron chi connectivity index (χ4n) is 1.88. The first-order valence-electron chi connectivity index (χ1n) is 6.61. The highest BCUT2D eigenvalue weighted by molar-refractivity contribution is 14.0. The van der Waals surface area contributed by atoms with Gasteiger partial charge in [-0.2, -0.15) is 0 Å². The number of thiophene rings is 1. The monoisotopic (exact) mass is 416 g/mol. The van der Waals surface area contributed by atoms with Crippen LogP contribution in [0.1, 0.15) is 29.1 Å². The molecule has 114 valence electrons. The van der Waals surface area contributed by atoms with Crippen molar-refractivity contribution in [1.29, 1.82) is 0 Å². The second-order valence-electron chi connectivity index (χ2n) is 4.57. The van der Waals surface area contributed by atoms with E-state index in [1.807, 2.05) is 12.3 Å². The Bertz CT molecular complexity index is 569. The van der Waals surface area contributed by atoms with Crippen LogP contribution in [0.4, 0.5) is 0 Å². The SMILES string of the molecule is CN=C(NCc1ncccc1C)NC(C)c1cccs1.I. The van der Waals surface area contributed by atoms with Crippen LogP contribution in [0.3, 0.4) is 0 Å². The molecule has 21 heavy (non-hydrogen) atoms. The highest BCUT2D eigenvalue weighted by Crippen LogP contribution is 2.17. The zero-order valence-corrected chi connectivity index (χ0v) is 15.6. The molecule has 0 amide bonds. The van der Waals surface area contributed by atoms with Crippen LogP contribution < -0.4 is 10.6 Å².